The minimum Gasteiger partial charge on any atom is -0.489 e. The molecular weight excluding hydrogens is 313 g/mol. The fourth-order valence-electron chi connectivity index (χ4n) is 1.97. The Morgan fingerprint density at radius 1 is 1.24 bits per heavy atom. The van der Waals surface area contributed by atoms with Crippen molar-refractivity contribution in [3.05, 3.63) is 68.2 Å². The van der Waals surface area contributed by atoms with Crippen LogP contribution in [0.3, 0.4) is 0 Å². The fraction of sp³-hybridized carbons (Fsp3) is 0.200. The van der Waals surface area contributed by atoms with Crippen LogP contribution in [0.1, 0.15) is 16.7 Å². The number of hydrogen-bond donors (Lipinski definition) is 0. The van der Waals surface area contributed by atoms with Crippen molar-refractivity contribution in [2.45, 2.75) is 19.4 Å². The molecule has 2 aromatic carbocycles. The van der Waals surface area contributed by atoms with E-state index in [2.05, 4.69) is 0 Å². The minimum absolute atomic E-state index is 0.0878. The van der Waals surface area contributed by atoms with Gasteiger partial charge in [0.25, 0.3) is 5.69 Å². The van der Waals surface area contributed by atoms with Gasteiger partial charge in [-0.25, -0.2) is 0 Å². The van der Waals surface area contributed by atoms with Crippen LogP contribution in [-0.2, 0) is 12.5 Å². The molecule has 0 aliphatic heterocycles. The molecule has 110 valence electrons. The van der Waals surface area contributed by atoms with Crippen LogP contribution in [0.2, 0.25) is 5.02 Å². The zero-order valence-electron chi connectivity index (χ0n) is 11.3. The van der Waals surface area contributed by atoms with Crippen molar-refractivity contribution in [3.63, 3.8) is 0 Å². The summed E-state index contributed by atoms with van der Waals surface area (Å²) >= 11 is 11.8. The van der Waals surface area contributed by atoms with Crippen molar-refractivity contribution < 1.29 is 9.66 Å². The second-order valence-corrected chi connectivity index (χ2v) is 5.20. The van der Waals surface area contributed by atoms with E-state index in [1.807, 2.05) is 0 Å². The van der Waals surface area contributed by atoms with Gasteiger partial charge >= 0.3 is 0 Å². The Hall–Kier alpha value is -1.78. The zero-order valence-corrected chi connectivity index (χ0v) is 12.8. The van der Waals surface area contributed by atoms with Crippen molar-refractivity contribution in [1.29, 1.82) is 0 Å². The van der Waals surface area contributed by atoms with Gasteiger partial charge in [0.15, 0.2) is 0 Å². The normalized spacial score (nSPS) is 10.4. The molecule has 2 rings (SSSR count). The van der Waals surface area contributed by atoms with Crippen molar-refractivity contribution in [3.8, 4) is 5.75 Å². The molecule has 0 amide bonds. The van der Waals surface area contributed by atoms with E-state index in [4.69, 9.17) is 27.9 Å². The predicted molar refractivity (Wildman–Crippen MR) is 83.2 cm³/mol. The predicted octanol–water partition coefficient (Wildman–Crippen LogP) is 4.87. The van der Waals surface area contributed by atoms with E-state index in [-0.39, 0.29) is 18.2 Å². The second-order valence-electron chi connectivity index (χ2n) is 4.49. The molecule has 0 aromatic heterocycles. The van der Waals surface area contributed by atoms with Gasteiger partial charge in [-0.15, -0.1) is 11.6 Å². The summed E-state index contributed by atoms with van der Waals surface area (Å²) in [5.41, 5.74) is 2.24. The number of ether oxygens (including phenoxy) is 1. The maximum Gasteiger partial charge on any atom is 0.272 e. The number of nitro benzene ring substituents is 1. The van der Waals surface area contributed by atoms with Gasteiger partial charge < -0.3 is 4.74 Å². The lowest BCUT2D eigenvalue weighted by atomic mass is 10.1. The third-order valence-corrected chi connectivity index (χ3v) is 3.69. The lowest BCUT2D eigenvalue weighted by Gasteiger charge is -2.12. The van der Waals surface area contributed by atoms with Gasteiger partial charge in [-0.2, -0.15) is 0 Å². The third kappa shape index (κ3) is 3.65. The third-order valence-electron chi connectivity index (χ3n) is 3.16. The van der Waals surface area contributed by atoms with E-state index < -0.39 is 4.92 Å². The molecular formula is C15H13Cl2NO3. The van der Waals surface area contributed by atoms with Crippen molar-refractivity contribution in [2.75, 3.05) is 0 Å². The number of hydrogen-bond acceptors (Lipinski definition) is 3. The Labute approximate surface area is 132 Å². The van der Waals surface area contributed by atoms with Crippen LogP contribution in [0, 0.1) is 17.0 Å². The number of benzene rings is 2. The van der Waals surface area contributed by atoms with Gasteiger partial charge in [-0.1, -0.05) is 23.7 Å². The average molecular weight is 326 g/mol. The summed E-state index contributed by atoms with van der Waals surface area (Å²) in [6.07, 6.45) is 0. The molecule has 0 fully saturated rings. The molecule has 0 aliphatic rings. The Bertz CT molecular complexity index is 674. The maximum absolute atomic E-state index is 10.9. The van der Waals surface area contributed by atoms with E-state index in [0.29, 0.717) is 16.3 Å². The maximum atomic E-state index is 10.9. The molecule has 0 aliphatic carbocycles. The zero-order chi connectivity index (χ0) is 15.4. The summed E-state index contributed by atoms with van der Waals surface area (Å²) in [5, 5.41) is 11.5. The van der Waals surface area contributed by atoms with Gasteiger partial charge in [-0.05, 0) is 30.7 Å². The Kier molecular flexibility index (Phi) is 5.04. The molecule has 0 saturated carbocycles. The second kappa shape index (κ2) is 6.78. The van der Waals surface area contributed by atoms with E-state index in [9.17, 15) is 10.1 Å². The highest BCUT2D eigenvalue weighted by Gasteiger charge is 2.14. The molecule has 0 bridgehead atoms. The number of nitro groups is 1. The standard InChI is InChI=1S/C15H13Cl2NO3/c1-10-11(3-2-4-14(10)18(19)20)9-21-15-6-5-13(17)7-12(15)8-16/h2-7H,8-9H2,1H3. The first kappa shape index (κ1) is 15.6. The highest BCUT2D eigenvalue weighted by Crippen LogP contribution is 2.27. The summed E-state index contributed by atoms with van der Waals surface area (Å²) in [7, 11) is 0. The first-order chi connectivity index (χ1) is 10.0. The molecule has 0 heterocycles. The Morgan fingerprint density at radius 2 is 2.00 bits per heavy atom. The first-order valence-electron chi connectivity index (χ1n) is 6.23. The Balaban J connectivity index is 2.21. The van der Waals surface area contributed by atoms with Crippen molar-refractivity contribution in [1.82, 2.24) is 0 Å². The smallest absolute Gasteiger partial charge is 0.272 e. The molecule has 0 atom stereocenters. The van der Waals surface area contributed by atoms with E-state index in [0.717, 1.165) is 11.1 Å². The van der Waals surface area contributed by atoms with Crippen LogP contribution >= 0.6 is 23.2 Å². The summed E-state index contributed by atoms with van der Waals surface area (Å²) in [6.45, 7) is 1.94. The van der Waals surface area contributed by atoms with Crippen LogP contribution in [0.25, 0.3) is 0 Å². The van der Waals surface area contributed by atoms with Crippen LogP contribution in [0.15, 0.2) is 36.4 Å². The largest absolute Gasteiger partial charge is 0.489 e. The first-order valence-corrected chi connectivity index (χ1v) is 7.14. The fourth-order valence-corrected chi connectivity index (χ4v) is 2.38. The molecule has 0 unspecified atom stereocenters. The molecule has 21 heavy (non-hydrogen) atoms. The summed E-state index contributed by atoms with van der Waals surface area (Å²) in [5.74, 6) is 0.907. The number of alkyl halides is 1. The van der Waals surface area contributed by atoms with Gasteiger partial charge in [-0.3, -0.25) is 10.1 Å². The highest BCUT2D eigenvalue weighted by atomic mass is 35.5. The van der Waals surface area contributed by atoms with Crippen LogP contribution < -0.4 is 4.74 Å². The number of halogens is 2. The van der Waals surface area contributed by atoms with Crippen molar-refractivity contribution >= 4 is 28.9 Å². The van der Waals surface area contributed by atoms with E-state index >= 15 is 0 Å². The molecule has 2 aromatic rings. The van der Waals surface area contributed by atoms with E-state index in [1.165, 1.54) is 6.07 Å². The lowest BCUT2D eigenvalue weighted by molar-refractivity contribution is -0.385. The summed E-state index contributed by atoms with van der Waals surface area (Å²) in [4.78, 5) is 10.5. The molecule has 0 spiro atoms. The molecule has 4 nitrogen and oxygen atoms in total. The van der Waals surface area contributed by atoms with Crippen molar-refractivity contribution in [2.24, 2.45) is 0 Å². The number of nitrogens with zero attached hydrogens (tertiary/aromatic N) is 1. The SMILES string of the molecule is Cc1c(COc2ccc(Cl)cc2CCl)cccc1[N+](=O)[O-]. The van der Waals surface area contributed by atoms with E-state index in [1.54, 1.807) is 37.3 Å². The summed E-state index contributed by atoms with van der Waals surface area (Å²) < 4.78 is 5.72. The van der Waals surface area contributed by atoms with Crippen LogP contribution in [0.5, 0.6) is 5.75 Å². The summed E-state index contributed by atoms with van der Waals surface area (Å²) in [6, 6.07) is 10.1. The van der Waals surface area contributed by atoms with Gasteiger partial charge in [0.05, 0.1) is 10.8 Å². The van der Waals surface area contributed by atoms with Gasteiger partial charge in [0.1, 0.15) is 12.4 Å². The van der Waals surface area contributed by atoms with Gasteiger partial charge in [0.2, 0.25) is 0 Å². The number of rotatable bonds is 5. The highest BCUT2D eigenvalue weighted by molar-refractivity contribution is 6.30. The monoisotopic (exact) mass is 325 g/mol. The molecule has 6 heteroatoms. The molecule has 0 radical (unpaired) electrons. The Morgan fingerprint density at radius 3 is 2.67 bits per heavy atom. The minimum atomic E-state index is -0.398. The molecule has 0 saturated heterocycles. The molecule has 0 N–H and O–H groups in total. The quantitative estimate of drug-likeness (QED) is 0.447. The van der Waals surface area contributed by atoms with Crippen LogP contribution in [-0.4, -0.2) is 4.92 Å². The van der Waals surface area contributed by atoms with Gasteiger partial charge in [0, 0.05) is 22.2 Å². The van der Waals surface area contributed by atoms with Crippen LogP contribution in [0.4, 0.5) is 5.69 Å². The topological polar surface area (TPSA) is 52.4 Å². The average Bonchev–Trinajstić information content (AvgIpc) is 2.46. The lowest BCUT2D eigenvalue weighted by Crippen LogP contribution is -2.02.